The Morgan fingerprint density at radius 3 is 0.857 bits per heavy atom. The van der Waals surface area contributed by atoms with Crippen molar-refractivity contribution in [3.63, 3.8) is 0 Å². The van der Waals surface area contributed by atoms with Gasteiger partial charge in [-0.05, 0) is 0 Å². The van der Waals surface area contributed by atoms with Crippen LogP contribution < -0.4 is 0 Å². The number of hydrogen-bond donors (Lipinski definition) is 0. The van der Waals surface area contributed by atoms with Crippen molar-refractivity contribution in [3.8, 4) is 0 Å². The topological polar surface area (TPSA) is 83.5 Å². The van der Waals surface area contributed by atoms with Crippen LogP contribution in [0.3, 0.4) is 0 Å². The maximum atomic E-state index is 7.50. The van der Waals surface area contributed by atoms with E-state index in [4.69, 9.17) is 19.5 Å². The molecular weight excluding hydrogens is 270 g/mol. The first-order valence-electron chi connectivity index (χ1n) is 0.591. The third-order valence-electron chi connectivity index (χ3n) is 0. The van der Waals surface area contributed by atoms with E-state index in [0.717, 1.165) is 0 Å². The average molecular weight is 270 g/mol. The maximum absolute atomic E-state index is 7.50. The van der Waals surface area contributed by atoms with Gasteiger partial charge in [0.05, 0.1) is 0 Å². The van der Waals surface area contributed by atoms with Crippen LogP contribution in [0.4, 0.5) is 0 Å². The van der Waals surface area contributed by atoms with E-state index in [0.29, 0.717) is 0 Å². The molecule has 0 aliphatic heterocycles. The quantitative estimate of drug-likeness (QED) is 0.443. The Morgan fingerprint density at radius 1 is 0.857 bits per heavy atom. The summed E-state index contributed by atoms with van der Waals surface area (Å²) < 4.78 is 22.2. The first-order chi connectivity index (χ1) is 3.00. The van der Waals surface area contributed by atoms with Crippen LogP contribution in [0.2, 0.25) is 0 Å². The van der Waals surface area contributed by atoms with Crippen molar-refractivity contribution >= 4 is 0 Å². The van der Waals surface area contributed by atoms with E-state index < -0.39 is 0 Å². The minimum absolute atomic E-state index is 0. The second kappa shape index (κ2) is 5230. The van der Waals surface area contributed by atoms with Gasteiger partial charge in [-0.1, -0.05) is 0 Å². The summed E-state index contributed by atoms with van der Waals surface area (Å²) in [4.78, 5) is 0. The average Bonchev–Trinajstić information content (AvgIpc) is 1.81. The standard InChI is InChI=1S/2CO.NO.W/c3*1-2;/q;;+1;+2. The van der Waals surface area contributed by atoms with E-state index in [9.17, 15) is 0 Å². The van der Waals surface area contributed by atoms with Gasteiger partial charge in [-0.3, -0.25) is 0 Å². The molecule has 4 nitrogen and oxygen atoms in total. The van der Waals surface area contributed by atoms with Gasteiger partial charge in [0, 0.05) is 0 Å². The molecule has 0 saturated heterocycles. The molecule has 0 unspecified atom stereocenters. The summed E-state index contributed by atoms with van der Waals surface area (Å²) in [5.74, 6) is 0. The minimum atomic E-state index is 0. The molecule has 7 heavy (non-hydrogen) atoms. The molecule has 0 aromatic heterocycles. The van der Waals surface area contributed by atoms with Gasteiger partial charge in [-0.25, -0.2) is 0 Å². The van der Waals surface area contributed by atoms with Crippen LogP contribution in [0.25, 0.3) is 0 Å². The predicted octanol–water partition coefficient (Wildman–Crippen LogP) is -0.181. The normalized spacial score (nSPS) is 0.857. The minimum Gasteiger partial charge on any atom is 2.00 e. The van der Waals surface area contributed by atoms with E-state index >= 15 is 0 Å². The molecular formula is C2NO3W+3. The molecule has 0 atom stereocenters. The summed E-state index contributed by atoms with van der Waals surface area (Å²) in [5.41, 5.74) is 5.75. The van der Waals surface area contributed by atoms with Gasteiger partial charge in [-0.15, -0.1) is 0 Å². The first kappa shape index (κ1) is 28.9. The van der Waals surface area contributed by atoms with E-state index in [-0.39, 0.29) is 21.1 Å². The Kier molecular flexibility index (Phi) is 21600. The second-order valence-corrected chi connectivity index (χ2v) is 0. The molecule has 0 aromatic rings. The van der Waals surface area contributed by atoms with Crippen molar-refractivity contribution in [2.75, 3.05) is 0 Å². The monoisotopic (exact) mass is 270 g/mol. The fourth-order valence-electron chi connectivity index (χ4n) is 0. The Hall–Kier alpha value is -0.162. The van der Waals surface area contributed by atoms with Gasteiger partial charge >= 0.3 is 53.9 Å². The third kappa shape index (κ3) is 3290. The first-order valence-corrected chi connectivity index (χ1v) is 0.591. The van der Waals surface area contributed by atoms with E-state index in [1.807, 2.05) is 0 Å². The SMILES string of the molecule is N#[O+].[C-]#[O+].[C-]#[O+].[W+2]. The van der Waals surface area contributed by atoms with Crippen LogP contribution in [0.15, 0.2) is 0 Å². The zero-order chi connectivity index (χ0) is 6.00. The van der Waals surface area contributed by atoms with Crippen molar-refractivity contribution in [3.05, 3.63) is 13.3 Å². The molecule has 0 aromatic carbocycles. The molecule has 0 amide bonds. The summed E-state index contributed by atoms with van der Waals surface area (Å²) in [5, 5.41) is 0. The Labute approximate surface area is 54.5 Å². The van der Waals surface area contributed by atoms with E-state index in [1.54, 1.807) is 0 Å². The van der Waals surface area contributed by atoms with Crippen molar-refractivity contribution < 1.29 is 35.1 Å². The molecule has 0 saturated carbocycles. The van der Waals surface area contributed by atoms with Crippen LogP contribution in [0.5, 0.6) is 0 Å². The predicted molar refractivity (Wildman–Crippen MR) is 10.3 cm³/mol. The van der Waals surface area contributed by atoms with Crippen molar-refractivity contribution in [2.45, 2.75) is 0 Å². The van der Waals surface area contributed by atoms with E-state index in [2.05, 4.69) is 13.3 Å². The van der Waals surface area contributed by atoms with E-state index in [1.165, 1.54) is 0 Å². The van der Waals surface area contributed by atoms with Gasteiger partial charge in [0.15, 0.2) is 0 Å². The van der Waals surface area contributed by atoms with Gasteiger partial charge in [-0.2, -0.15) is 0 Å². The number of rotatable bonds is 0. The molecule has 0 fully saturated rings. The Morgan fingerprint density at radius 2 is 0.857 bits per heavy atom. The maximum Gasteiger partial charge on any atom is 2.00 e. The van der Waals surface area contributed by atoms with Gasteiger partial charge < -0.3 is 0 Å². The summed E-state index contributed by atoms with van der Waals surface area (Å²) in [7, 11) is 0. The molecule has 34 valence electrons. The van der Waals surface area contributed by atoms with Gasteiger partial charge in [0.2, 0.25) is 0 Å². The van der Waals surface area contributed by atoms with Crippen LogP contribution in [-0.2, 0) is 35.1 Å². The van der Waals surface area contributed by atoms with Crippen LogP contribution >= 0.6 is 0 Å². The van der Waals surface area contributed by atoms with Gasteiger partial charge in [0.1, 0.15) is 0 Å². The van der Waals surface area contributed by atoms with Crippen molar-refractivity contribution in [2.24, 2.45) is 0 Å². The fraction of sp³-hybridized carbons (Fsp3) is 0. The van der Waals surface area contributed by atoms with Gasteiger partial charge in [0.25, 0.3) is 0 Å². The molecule has 0 heterocycles. The number of nitrogens with zero attached hydrogens (tertiary/aromatic N) is 1. The molecule has 0 spiro atoms. The molecule has 5 heteroatoms. The van der Waals surface area contributed by atoms with Crippen LogP contribution in [0, 0.1) is 18.8 Å². The molecule has 0 aliphatic rings. The summed E-state index contributed by atoms with van der Waals surface area (Å²) >= 11 is 0. The van der Waals surface area contributed by atoms with Crippen LogP contribution in [0.1, 0.15) is 0 Å². The largest absolute Gasteiger partial charge is 2.00 e. The van der Waals surface area contributed by atoms with Crippen molar-refractivity contribution in [1.82, 2.24) is 0 Å². The van der Waals surface area contributed by atoms with Crippen LogP contribution in [-0.4, -0.2) is 0 Å². The zero-order valence-corrected chi connectivity index (χ0v) is 6.01. The molecule has 0 rings (SSSR count). The Balaban J connectivity index is -0.00000000900. The van der Waals surface area contributed by atoms with Crippen molar-refractivity contribution in [1.29, 1.82) is 5.46 Å². The molecule has 0 radical (unpaired) electrons. The number of hydrogen-bond acceptors (Lipinski definition) is 1. The summed E-state index contributed by atoms with van der Waals surface area (Å²) in [6.45, 7) is 9.00. The molecule has 0 N–H and O–H groups in total. The third-order valence-corrected chi connectivity index (χ3v) is 0. The smallest absolute Gasteiger partial charge is 2.00 e. The summed E-state index contributed by atoms with van der Waals surface area (Å²) in [6, 6.07) is 0. The molecule has 0 aliphatic carbocycles. The molecule has 0 bridgehead atoms. The summed E-state index contributed by atoms with van der Waals surface area (Å²) in [6.07, 6.45) is 0. The second-order valence-electron chi connectivity index (χ2n) is 0. The fourth-order valence-corrected chi connectivity index (χ4v) is 0. The Bertz CT molecular complexity index is 41.4. The zero-order valence-electron chi connectivity index (χ0n) is 3.08.